The maximum atomic E-state index is 11.7. The number of aromatic nitrogens is 1. The van der Waals surface area contributed by atoms with E-state index in [1.54, 1.807) is 32.1 Å². The van der Waals surface area contributed by atoms with Crippen molar-refractivity contribution in [2.75, 3.05) is 6.54 Å². The zero-order valence-corrected chi connectivity index (χ0v) is 13.0. The fraction of sp³-hybridized carbons (Fsp3) is 0.615. The van der Waals surface area contributed by atoms with E-state index in [0.29, 0.717) is 13.0 Å². The highest BCUT2D eigenvalue weighted by Crippen LogP contribution is 2.19. The summed E-state index contributed by atoms with van der Waals surface area (Å²) in [5, 5.41) is 17.2. The SMILES string of the molecule is Cc1nc(CCNC(=O)N[C@@H](C(=O)O)C(C)(C)C)cs1. The van der Waals surface area contributed by atoms with Gasteiger partial charge >= 0.3 is 12.0 Å². The summed E-state index contributed by atoms with van der Waals surface area (Å²) in [6.45, 7) is 7.65. The quantitative estimate of drug-likeness (QED) is 0.773. The lowest BCUT2D eigenvalue weighted by molar-refractivity contribution is -0.141. The van der Waals surface area contributed by atoms with Crippen molar-refractivity contribution in [2.45, 2.75) is 40.2 Å². The molecule has 0 radical (unpaired) electrons. The highest BCUT2D eigenvalue weighted by Gasteiger charge is 2.32. The molecule has 0 unspecified atom stereocenters. The van der Waals surface area contributed by atoms with Crippen molar-refractivity contribution in [1.29, 1.82) is 0 Å². The lowest BCUT2D eigenvalue weighted by Crippen LogP contribution is -2.52. The van der Waals surface area contributed by atoms with Crippen LogP contribution in [0.4, 0.5) is 4.79 Å². The second kappa shape index (κ2) is 6.69. The maximum absolute atomic E-state index is 11.7. The third-order valence-electron chi connectivity index (χ3n) is 2.72. The molecule has 0 aliphatic rings. The molecule has 0 aliphatic carbocycles. The molecule has 0 saturated heterocycles. The van der Waals surface area contributed by atoms with Gasteiger partial charge in [-0.1, -0.05) is 20.8 Å². The van der Waals surface area contributed by atoms with Crippen LogP contribution >= 0.6 is 11.3 Å². The highest BCUT2D eigenvalue weighted by molar-refractivity contribution is 7.09. The van der Waals surface area contributed by atoms with Gasteiger partial charge in [0.15, 0.2) is 0 Å². The second-order valence-corrected chi connectivity index (χ2v) is 6.71. The van der Waals surface area contributed by atoms with Gasteiger partial charge in [-0.3, -0.25) is 0 Å². The minimum absolute atomic E-state index is 0.422. The van der Waals surface area contributed by atoms with Gasteiger partial charge in [-0.2, -0.15) is 0 Å². The number of rotatable bonds is 5. The van der Waals surface area contributed by atoms with Crippen molar-refractivity contribution in [1.82, 2.24) is 15.6 Å². The molecule has 3 N–H and O–H groups in total. The van der Waals surface area contributed by atoms with Crippen LogP contribution in [-0.4, -0.2) is 34.7 Å². The summed E-state index contributed by atoms with van der Waals surface area (Å²) >= 11 is 1.56. The number of hydrogen-bond acceptors (Lipinski definition) is 4. The first-order chi connectivity index (χ1) is 9.20. The Hall–Kier alpha value is -1.63. The van der Waals surface area contributed by atoms with E-state index in [0.717, 1.165) is 10.7 Å². The summed E-state index contributed by atoms with van der Waals surface area (Å²) in [4.78, 5) is 27.1. The number of thiazole rings is 1. The van der Waals surface area contributed by atoms with Gasteiger partial charge in [-0.25, -0.2) is 14.6 Å². The topological polar surface area (TPSA) is 91.3 Å². The lowest BCUT2D eigenvalue weighted by Gasteiger charge is -2.27. The fourth-order valence-electron chi connectivity index (χ4n) is 1.66. The Kier molecular flexibility index (Phi) is 5.50. The summed E-state index contributed by atoms with van der Waals surface area (Å²) in [5.74, 6) is -1.04. The van der Waals surface area contributed by atoms with Crippen LogP contribution in [0, 0.1) is 12.3 Å². The average Bonchev–Trinajstić information content (AvgIpc) is 2.70. The number of aliphatic carboxylic acids is 1. The van der Waals surface area contributed by atoms with E-state index < -0.39 is 23.5 Å². The molecule has 6 nitrogen and oxygen atoms in total. The predicted octanol–water partition coefficient (Wildman–Crippen LogP) is 1.79. The molecule has 7 heteroatoms. The number of amides is 2. The Morgan fingerprint density at radius 3 is 2.55 bits per heavy atom. The number of urea groups is 1. The van der Waals surface area contributed by atoms with E-state index in [2.05, 4.69) is 15.6 Å². The van der Waals surface area contributed by atoms with E-state index in [-0.39, 0.29) is 0 Å². The number of carboxylic acids is 1. The number of nitrogens with zero attached hydrogens (tertiary/aromatic N) is 1. The van der Waals surface area contributed by atoms with Gasteiger partial charge in [0.1, 0.15) is 6.04 Å². The van der Waals surface area contributed by atoms with Gasteiger partial charge in [0.25, 0.3) is 0 Å². The van der Waals surface area contributed by atoms with Crippen molar-refractivity contribution in [3.8, 4) is 0 Å². The molecule has 0 aromatic carbocycles. The Bertz CT molecular complexity index is 479. The Morgan fingerprint density at radius 1 is 1.45 bits per heavy atom. The summed E-state index contributed by atoms with van der Waals surface area (Å²) in [7, 11) is 0. The van der Waals surface area contributed by atoms with E-state index in [1.807, 2.05) is 12.3 Å². The van der Waals surface area contributed by atoms with Crippen LogP contribution in [0.15, 0.2) is 5.38 Å². The zero-order chi connectivity index (χ0) is 15.3. The van der Waals surface area contributed by atoms with Crippen molar-refractivity contribution in [3.05, 3.63) is 16.1 Å². The number of carbonyl (C=O) groups is 2. The molecule has 2 amide bonds. The summed E-state index contributed by atoms with van der Waals surface area (Å²) in [6, 6.07) is -1.40. The molecule has 112 valence electrons. The van der Waals surface area contributed by atoms with Gasteiger partial charge in [-0.05, 0) is 12.3 Å². The van der Waals surface area contributed by atoms with Gasteiger partial charge in [0.2, 0.25) is 0 Å². The molecular formula is C13H21N3O3S. The molecule has 0 bridgehead atoms. The highest BCUT2D eigenvalue weighted by atomic mass is 32.1. The predicted molar refractivity (Wildman–Crippen MR) is 78.0 cm³/mol. The van der Waals surface area contributed by atoms with Crippen LogP contribution in [0.5, 0.6) is 0 Å². The summed E-state index contributed by atoms with van der Waals surface area (Å²) in [6.07, 6.45) is 0.630. The van der Waals surface area contributed by atoms with Crippen LogP contribution in [0.2, 0.25) is 0 Å². The molecule has 1 heterocycles. The monoisotopic (exact) mass is 299 g/mol. The van der Waals surface area contributed by atoms with Crippen LogP contribution in [0.3, 0.4) is 0 Å². The fourth-order valence-corrected chi connectivity index (χ4v) is 2.31. The number of carboxylic acid groups (broad SMARTS) is 1. The van der Waals surface area contributed by atoms with Crippen molar-refractivity contribution >= 4 is 23.3 Å². The summed E-state index contributed by atoms with van der Waals surface area (Å²) < 4.78 is 0. The molecule has 1 rings (SSSR count). The van der Waals surface area contributed by atoms with Crippen LogP contribution < -0.4 is 10.6 Å². The standard InChI is InChI=1S/C13H21N3O3S/c1-8-15-9(7-20-8)5-6-14-12(19)16-10(11(17)18)13(2,3)4/h7,10H,5-6H2,1-4H3,(H,17,18)(H2,14,16,19)/t10-/m0/s1. The van der Waals surface area contributed by atoms with E-state index in [4.69, 9.17) is 5.11 Å². The van der Waals surface area contributed by atoms with E-state index in [1.165, 1.54) is 0 Å². The van der Waals surface area contributed by atoms with E-state index in [9.17, 15) is 9.59 Å². The van der Waals surface area contributed by atoms with Gasteiger partial charge in [0.05, 0.1) is 10.7 Å². The maximum Gasteiger partial charge on any atom is 0.326 e. The lowest BCUT2D eigenvalue weighted by atomic mass is 9.87. The normalized spacial score (nSPS) is 12.8. The Morgan fingerprint density at radius 2 is 2.10 bits per heavy atom. The average molecular weight is 299 g/mol. The molecule has 0 spiro atoms. The number of carbonyl (C=O) groups excluding carboxylic acids is 1. The van der Waals surface area contributed by atoms with Crippen LogP contribution in [0.25, 0.3) is 0 Å². The van der Waals surface area contributed by atoms with Crippen molar-refractivity contribution in [3.63, 3.8) is 0 Å². The zero-order valence-electron chi connectivity index (χ0n) is 12.2. The smallest absolute Gasteiger partial charge is 0.326 e. The first kappa shape index (κ1) is 16.4. The van der Waals surface area contributed by atoms with Gasteiger partial charge in [-0.15, -0.1) is 11.3 Å². The molecule has 0 saturated carbocycles. The molecule has 1 atom stereocenters. The van der Waals surface area contributed by atoms with Gasteiger partial charge < -0.3 is 15.7 Å². The second-order valence-electron chi connectivity index (χ2n) is 5.65. The molecule has 1 aromatic rings. The van der Waals surface area contributed by atoms with Crippen LogP contribution in [-0.2, 0) is 11.2 Å². The molecule has 1 aromatic heterocycles. The van der Waals surface area contributed by atoms with Crippen LogP contribution in [0.1, 0.15) is 31.5 Å². The minimum atomic E-state index is -1.04. The Balaban J connectivity index is 2.41. The third-order valence-corrected chi connectivity index (χ3v) is 3.54. The minimum Gasteiger partial charge on any atom is -0.480 e. The molecule has 0 aliphatic heterocycles. The number of hydrogen-bond donors (Lipinski definition) is 3. The Labute approximate surface area is 122 Å². The van der Waals surface area contributed by atoms with Crippen molar-refractivity contribution < 1.29 is 14.7 Å². The largest absolute Gasteiger partial charge is 0.480 e. The number of nitrogens with one attached hydrogen (secondary N) is 2. The summed E-state index contributed by atoms with van der Waals surface area (Å²) in [5.41, 5.74) is 0.383. The third kappa shape index (κ3) is 5.16. The molecule has 0 fully saturated rings. The molecule has 20 heavy (non-hydrogen) atoms. The van der Waals surface area contributed by atoms with Crippen molar-refractivity contribution in [2.24, 2.45) is 5.41 Å². The van der Waals surface area contributed by atoms with Gasteiger partial charge in [0, 0.05) is 18.3 Å². The first-order valence-corrected chi connectivity index (χ1v) is 7.26. The molecular weight excluding hydrogens is 278 g/mol. The number of aryl methyl sites for hydroxylation is 1. The first-order valence-electron chi connectivity index (χ1n) is 6.38. The van der Waals surface area contributed by atoms with E-state index >= 15 is 0 Å².